The van der Waals surface area contributed by atoms with Gasteiger partial charge in [0.15, 0.2) is 12.5 Å². The third kappa shape index (κ3) is 11.8. The van der Waals surface area contributed by atoms with Crippen LogP contribution in [-0.2, 0) is 19.0 Å². The molecule has 2 atom stereocenters. The van der Waals surface area contributed by atoms with Crippen molar-refractivity contribution in [2.75, 3.05) is 18.9 Å². The molecular weight excluding hydrogens is 434 g/mol. The number of ether oxygens (including phenoxy) is 3. The van der Waals surface area contributed by atoms with Gasteiger partial charge in [0.2, 0.25) is 0 Å². The summed E-state index contributed by atoms with van der Waals surface area (Å²) in [5, 5.41) is 0. The number of carbonyl (C=O) groups excluding carboxylic acids is 1. The van der Waals surface area contributed by atoms with Gasteiger partial charge in [0.1, 0.15) is 12.4 Å². The van der Waals surface area contributed by atoms with Gasteiger partial charge in [0, 0.05) is 12.6 Å². The fourth-order valence-electron chi connectivity index (χ4n) is 3.89. The lowest BCUT2D eigenvalue weighted by molar-refractivity contribution is -0.159. The van der Waals surface area contributed by atoms with Gasteiger partial charge >= 0.3 is 11.7 Å². The van der Waals surface area contributed by atoms with Gasteiger partial charge in [-0.3, -0.25) is 9.36 Å². The van der Waals surface area contributed by atoms with Crippen LogP contribution in [0.5, 0.6) is 0 Å². The first-order valence-electron chi connectivity index (χ1n) is 13.0. The zero-order valence-corrected chi connectivity index (χ0v) is 20.8. The first-order chi connectivity index (χ1) is 16.6. The third-order valence-electron chi connectivity index (χ3n) is 5.92. The van der Waals surface area contributed by atoms with Gasteiger partial charge in [0.05, 0.1) is 6.61 Å². The van der Waals surface area contributed by atoms with Crippen molar-refractivity contribution in [3.8, 4) is 0 Å². The van der Waals surface area contributed by atoms with Crippen LogP contribution < -0.4 is 11.4 Å². The fraction of sp³-hybridized carbons (Fsp3) is 0.731. The van der Waals surface area contributed by atoms with Gasteiger partial charge in [-0.15, -0.1) is 0 Å². The molecule has 0 amide bonds. The molecule has 1 aliphatic rings. The molecule has 1 fully saturated rings. The number of aromatic nitrogens is 2. The molecule has 8 nitrogen and oxygen atoms in total. The highest BCUT2D eigenvalue weighted by atomic mass is 16.7. The predicted molar refractivity (Wildman–Crippen MR) is 133 cm³/mol. The minimum atomic E-state index is -0.687. The molecule has 0 aromatic carbocycles. The molecule has 2 heterocycles. The summed E-state index contributed by atoms with van der Waals surface area (Å²) < 4.78 is 17.7. The zero-order chi connectivity index (χ0) is 24.4. The van der Waals surface area contributed by atoms with E-state index in [-0.39, 0.29) is 25.0 Å². The number of hydrogen-bond acceptors (Lipinski definition) is 7. The van der Waals surface area contributed by atoms with Crippen molar-refractivity contribution < 1.29 is 19.0 Å². The van der Waals surface area contributed by atoms with E-state index in [1.807, 2.05) is 0 Å². The molecule has 1 saturated heterocycles. The maximum atomic E-state index is 12.0. The summed E-state index contributed by atoms with van der Waals surface area (Å²) >= 11 is 0. The van der Waals surface area contributed by atoms with Crippen molar-refractivity contribution in [1.29, 1.82) is 0 Å². The molecule has 1 aromatic rings. The Balaban J connectivity index is 1.41. The standard InChI is InChI=1S/C26H43N3O5/c1-2-3-4-5-6-7-8-9-10-11-12-13-14-15-16-17-24(30)32-21-25-33-20-23(34-25)29-19-18-22(27)28-26(29)31/h9-10,18-19,23,25H,2-8,11-17,20-21H2,1H3,(H2,27,28,31)/b10-9+/t23-,25-/m0/s1. The Labute approximate surface area is 203 Å². The summed E-state index contributed by atoms with van der Waals surface area (Å²) in [7, 11) is 0. The number of anilines is 1. The second-order valence-electron chi connectivity index (χ2n) is 8.91. The summed E-state index contributed by atoms with van der Waals surface area (Å²) in [6, 6.07) is 1.52. The van der Waals surface area contributed by atoms with E-state index in [1.54, 1.807) is 0 Å². The van der Waals surface area contributed by atoms with Crippen molar-refractivity contribution in [2.24, 2.45) is 0 Å². The molecule has 2 rings (SSSR count). The maximum Gasteiger partial charge on any atom is 0.351 e. The number of carbonyl (C=O) groups is 1. The highest BCUT2D eigenvalue weighted by molar-refractivity contribution is 5.69. The summed E-state index contributed by atoms with van der Waals surface area (Å²) in [6.45, 7) is 2.45. The monoisotopic (exact) mass is 477 g/mol. The van der Waals surface area contributed by atoms with Crippen LogP contribution in [0, 0.1) is 0 Å². The summed E-state index contributed by atoms with van der Waals surface area (Å²) in [5.74, 6) is -0.0964. The lowest BCUT2D eigenvalue weighted by atomic mass is 10.1. The van der Waals surface area contributed by atoms with Gasteiger partial charge in [-0.05, 0) is 38.2 Å². The molecule has 0 spiro atoms. The van der Waals surface area contributed by atoms with E-state index in [1.165, 1.54) is 74.6 Å². The number of allylic oxidation sites excluding steroid dienone is 2. The average molecular weight is 478 g/mol. The number of unbranched alkanes of at least 4 members (excludes halogenated alkanes) is 11. The molecule has 0 radical (unpaired) electrons. The number of esters is 1. The highest BCUT2D eigenvalue weighted by Gasteiger charge is 2.29. The quantitative estimate of drug-likeness (QED) is 0.174. The Kier molecular flexibility index (Phi) is 14.3. The van der Waals surface area contributed by atoms with E-state index in [0.29, 0.717) is 6.42 Å². The molecule has 1 aliphatic heterocycles. The van der Waals surface area contributed by atoms with E-state index in [0.717, 1.165) is 25.7 Å². The lowest BCUT2D eigenvalue weighted by Gasteiger charge is -2.13. The van der Waals surface area contributed by atoms with Crippen LogP contribution in [0.4, 0.5) is 5.82 Å². The lowest BCUT2D eigenvalue weighted by Crippen LogP contribution is -2.29. The Bertz CT molecular complexity index is 780. The normalized spacial score (nSPS) is 18.0. The third-order valence-corrected chi connectivity index (χ3v) is 5.92. The van der Waals surface area contributed by atoms with Crippen LogP contribution in [0.3, 0.4) is 0 Å². The molecule has 0 saturated carbocycles. The van der Waals surface area contributed by atoms with Crippen molar-refractivity contribution in [1.82, 2.24) is 9.55 Å². The largest absolute Gasteiger partial charge is 0.460 e. The molecule has 34 heavy (non-hydrogen) atoms. The minimum absolute atomic E-state index is 0.0115. The molecule has 2 N–H and O–H groups in total. The summed E-state index contributed by atoms with van der Waals surface area (Å²) in [5.41, 5.74) is 4.99. The van der Waals surface area contributed by atoms with E-state index in [2.05, 4.69) is 24.1 Å². The van der Waals surface area contributed by atoms with E-state index >= 15 is 0 Å². The second kappa shape index (κ2) is 17.3. The Morgan fingerprint density at radius 1 is 1.09 bits per heavy atom. The summed E-state index contributed by atoms with van der Waals surface area (Å²) in [6.07, 6.45) is 21.2. The van der Waals surface area contributed by atoms with Crippen LogP contribution in [-0.4, -0.2) is 35.0 Å². The Morgan fingerprint density at radius 3 is 2.41 bits per heavy atom. The molecule has 192 valence electrons. The average Bonchev–Trinajstić information content (AvgIpc) is 3.29. The van der Waals surface area contributed by atoms with Gasteiger partial charge in [-0.25, -0.2) is 4.79 Å². The van der Waals surface area contributed by atoms with Crippen LogP contribution in [0.1, 0.15) is 103 Å². The van der Waals surface area contributed by atoms with Crippen molar-refractivity contribution >= 4 is 11.8 Å². The van der Waals surface area contributed by atoms with Crippen molar-refractivity contribution in [3.63, 3.8) is 0 Å². The smallest absolute Gasteiger partial charge is 0.351 e. The van der Waals surface area contributed by atoms with Gasteiger partial charge < -0.3 is 19.9 Å². The summed E-state index contributed by atoms with van der Waals surface area (Å²) in [4.78, 5) is 27.5. The first kappa shape index (κ1) is 28.1. The van der Waals surface area contributed by atoms with Crippen LogP contribution >= 0.6 is 0 Å². The predicted octanol–water partition coefficient (Wildman–Crippen LogP) is 5.28. The minimum Gasteiger partial charge on any atom is -0.460 e. The van der Waals surface area contributed by atoms with Gasteiger partial charge in [-0.1, -0.05) is 70.4 Å². The Morgan fingerprint density at radius 2 is 1.74 bits per heavy atom. The van der Waals surface area contributed by atoms with E-state index < -0.39 is 18.2 Å². The van der Waals surface area contributed by atoms with Gasteiger partial charge in [-0.2, -0.15) is 4.98 Å². The van der Waals surface area contributed by atoms with Crippen molar-refractivity contribution in [2.45, 2.75) is 109 Å². The molecule has 0 aliphatic carbocycles. The number of rotatable bonds is 18. The van der Waals surface area contributed by atoms with Crippen LogP contribution in [0.15, 0.2) is 29.2 Å². The van der Waals surface area contributed by atoms with Gasteiger partial charge in [0.25, 0.3) is 0 Å². The SMILES string of the molecule is CCCCCCCC/C=C/CCCCCCCC(=O)OC[C@H]1OC[C@@H](n2ccc(N)nc2=O)O1. The first-order valence-corrected chi connectivity index (χ1v) is 13.0. The molecule has 0 unspecified atom stereocenters. The Hall–Kier alpha value is -2.19. The molecule has 0 bridgehead atoms. The van der Waals surface area contributed by atoms with Crippen molar-refractivity contribution in [3.05, 3.63) is 34.9 Å². The second-order valence-corrected chi connectivity index (χ2v) is 8.91. The number of nitrogen functional groups attached to an aromatic ring is 1. The van der Waals surface area contributed by atoms with E-state index in [4.69, 9.17) is 19.9 Å². The van der Waals surface area contributed by atoms with Crippen LogP contribution in [0.25, 0.3) is 0 Å². The number of hydrogen-bond donors (Lipinski definition) is 1. The molecule has 8 heteroatoms. The molecular formula is C26H43N3O5. The topological polar surface area (TPSA) is 106 Å². The zero-order valence-electron chi connectivity index (χ0n) is 20.8. The number of nitrogens with two attached hydrogens (primary N) is 1. The number of nitrogens with zero attached hydrogens (tertiary/aromatic N) is 2. The van der Waals surface area contributed by atoms with E-state index in [9.17, 15) is 9.59 Å². The highest BCUT2D eigenvalue weighted by Crippen LogP contribution is 2.20. The van der Waals surface area contributed by atoms with Crippen LogP contribution in [0.2, 0.25) is 0 Å². The maximum absolute atomic E-state index is 12.0. The fourth-order valence-corrected chi connectivity index (χ4v) is 3.89. The molecule has 1 aromatic heterocycles.